The number of thiophene rings is 2. The highest BCUT2D eigenvalue weighted by Gasteiger charge is 2.23. The van der Waals surface area contributed by atoms with Gasteiger partial charge in [-0.2, -0.15) is 0 Å². The van der Waals surface area contributed by atoms with Gasteiger partial charge in [-0.3, -0.25) is 0 Å². The van der Waals surface area contributed by atoms with Crippen molar-refractivity contribution in [1.82, 2.24) is 9.13 Å². The van der Waals surface area contributed by atoms with E-state index in [-0.39, 0.29) is 0 Å². The van der Waals surface area contributed by atoms with Gasteiger partial charge in [0.05, 0.1) is 31.5 Å². The van der Waals surface area contributed by atoms with Crippen LogP contribution in [0.2, 0.25) is 0 Å². The minimum atomic E-state index is 1.15. The number of benzene rings is 11. The second kappa shape index (κ2) is 15.5. The summed E-state index contributed by atoms with van der Waals surface area (Å²) in [4.78, 5) is 0. The lowest BCUT2D eigenvalue weighted by atomic mass is 9.94. The van der Waals surface area contributed by atoms with Crippen molar-refractivity contribution in [3.8, 4) is 55.9 Å². The van der Waals surface area contributed by atoms with Crippen LogP contribution in [0, 0.1) is 0 Å². The molecule has 0 atom stereocenters. The fourth-order valence-electron chi connectivity index (χ4n) is 11.3. The number of rotatable bonds is 6. The maximum Gasteiger partial charge on any atom is 0.0726 e. The zero-order chi connectivity index (χ0) is 45.9. The molecule has 0 aliphatic carbocycles. The molecular formula is C66H40N2S2. The highest BCUT2D eigenvalue weighted by atomic mass is 32.1. The van der Waals surface area contributed by atoms with Crippen LogP contribution < -0.4 is 0 Å². The predicted octanol–water partition coefficient (Wildman–Crippen LogP) is 19.3. The van der Waals surface area contributed by atoms with Crippen molar-refractivity contribution < 1.29 is 0 Å². The van der Waals surface area contributed by atoms with Gasteiger partial charge in [-0.05, 0) is 105 Å². The van der Waals surface area contributed by atoms with Crippen molar-refractivity contribution in [2.24, 2.45) is 0 Å². The van der Waals surface area contributed by atoms with E-state index in [0.717, 1.165) is 11.4 Å². The molecule has 0 amide bonds. The average Bonchev–Trinajstić information content (AvgIpc) is 4.19. The number of hydrogen-bond acceptors (Lipinski definition) is 2. The molecule has 0 spiro atoms. The lowest BCUT2D eigenvalue weighted by Crippen LogP contribution is -1.96. The Labute approximate surface area is 411 Å². The summed E-state index contributed by atoms with van der Waals surface area (Å²) in [5, 5.41) is 10.3. The minimum absolute atomic E-state index is 1.15. The highest BCUT2D eigenvalue weighted by Crippen LogP contribution is 2.49. The summed E-state index contributed by atoms with van der Waals surface area (Å²) in [5.41, 5.74) is 16.8. The lowest BCUT2D eigenvalue weighted by molar-refractivity contribution is 1.19. The van der Waals surface area contributed by atoms with Gasteiger partial charge >= 0.3 is 0 Å². The zero-order valence-corrected chi connectivity index (χ0v) is 39.4. The Morgan fingerprint density at radius 2 is 0.743 bits per heavy atom. The summed E-state index contributed by atoms with van der Waals surface area (Å²) in [6, 6.07) is 89.9. The molecule has 326 valence electrons. The molecule has 0 fully saturated rings. The fourth-order valence-corrected chi connectivity index (χ4v) is 13.8. The fraction of sp³-hybridized carbons (Fsp3) is 0. The molecule has 70 heavy (non-hydrogen) atoms. The molecule has 0 saturated carbocycles. The molecule has 4 heterocycles. The van der Waals surface area contributed by atoms with Crippen LogP contribution in [0.3, 0.4) is 0 Å². The molecule has 0 bridgehead atoms. The van der Waals surface area contributed by atoms with Crippen molar-refractivity contribution in [3.05, 3.63) is 243 Å². The van der Waals surface area contributed by atoms with Gasteiger partial charge in [-0.1, -0.05) is 182 Å². The average molecular weight is 925 g/mol. The molecule has 11 aromatic carbocycles. The van der Waals surface area contributed by atoms with Gasteiger partial charge in [0.2, 0.25) is 0 Å². The second-order valence-electron chi connectivity index (χ2n) is 18.4. The summed E-state index contributed by atoms with van der Waals surface area (Å²) < 4.78 is 10.3. The van der Waals surface area contributed by atoms with Crippen molar-refractivity contribution in [2.75, 3.05) is 0 Å². The molecule has 4 aromatic heterocycles. The first kappa shape index (κ1) is 39.5. The molecule has 4 heteroatoms. The first-order chi connectivity index (χ1) is 34.7. The smallest absolute Gasteiger partial charge is 0.0726 e. The van der Waals surface area contributed by atoms with Crippen molar-refractivity contribution in [3.63, 3.8) is 0 Å². The third kappa shape index (κ3) is 5.97. The molecule has 0 N–H and O–H groups in total. The van der Waals surface area contributed by atoms with E-state index in [9.17, 15) is 0 Å². The van der Waals surface area contributed by atoms with Crippen LogP contribution in [-0.2, 0) is 0 Å². The molecule has 2 nitrogen and oxygen atoms in total. The first-order valence-corrected chi connectivity index (χ1v) is 25.5. The van der Waals surface area contributed by atoms with Crippen LogP contribution >= 0.6 is 22.7 Å². The Hall–Kier alpha value is -8.54. The molecule has 0 aliphatic heterocycles. The molecule has 15 aromatic rings. The van der Waals surface area contributed by atoms with Crippen molar-refractivity contribution in [2.45, 2.75) is 0 Å². The van der Waals surface area contributed by atoms with E-state index in [1.807, 2.05) is 22.7 Å². The van der Waals surface area contributed by atoms with E-state index in [4.69, 9.17) is 0 Å². The van der Waals surface area contributed by atoms with E-state index in [1.165, 1.54) is 128 Å². The molecule has 0 saturated heterocycles. The number of aromatic nitrogens is 2. The Kier molecular flexibility index (Phi) is 8.73. The van der Waals surface area contributed by atoms with Crippen LogP contribution in [-0.4, -0.2) is 9.13 Å². The van der Waals surface area contributed by atoms with Crippen LogP contribution in [0.15, 0.2) is 243 Å². The largest absolute Gasteiger partial charge is 0.308 e. The monoisotopic (exact) mass is 924 g/mol. The third-order valence-electron chi connectivity index (χ3n) is 14.5. The molecule has 15 rings (SSSR count). The van der Waals surface area contributed by atoms with Gasteiger partial charge in [-0.25, -0.2) is 0 Å². The standard InChI is InChI=1S/C66H40N2S2/c1-3-16-41(17-4-1)45-20-15-21-48(37-45)67-59-27-12-8-25-55(59)62-56(40-57-52-24-10-14-29-61(52)70-66(57)64(62)67)44-32-30-43(31-33-44)47-36-46(42-18-5-2-6-19-42)38-49(39-47)68-58-26-11-7-22-50(58)53-34-35-54-51-23-9-13-28-60(51)69-65(54)63(53)68/h1-40H. The molecular weight excluding hydrogens is 885 g/mol. The summed E-state index contributed by atoms with van der Waals surface area (Å²) in [7, 11) is 0. The number of nitrogens with zero attached hydrogens (tertiary/aromatic N) is 2. The quantitative estimate of drug-likeness (QED) is 0.157. The van der Waals surface area contributed by atoms with E-state index in [1.54, 1.807) is 0 Å². The normalized spacial score (nSPS) is 12.0. The van der Waals surface area contributed by atoms with Crippen LogP contribution in [0.25, 0.3) is 140 Å². The summed E-state index contributed by atoms with van der Waals surface area (Å²) in [6.45, 7) is 0. The van der Waals surface area contributed by atoms with E-state index in [0.29, 0.717) is 0 Å². The Bertz CT molecular complexity index is 4570. The zero-order valence-electron chi connectivity index (χ0n) is 37.8. The topological polar surface area (TPSA) is 9.86 Å². The first-order valence-electron chi connectivity index (χ1n) is 23.9. The summed E-state index contributed by atoms with van der Waals surface area (Å²) in [5.74, 6) is 0. The number of hydrogen-bond donors (Lipinski definition) is 0. The molecule has 0 aliphatic rings. The lowest BCUT2D eigenvalue weighted by Gasteiger charge is -2.15. The second-order valence-corrected chi connectivity index (χ2v) is 20.5. The van der Waals surface area contributed by atoms with Gasteiger partial charge in [0.1, 0.15) is 0 Å². The number of para-hydroxylation sites is 2. The highest BCUT2D eigenvalue weighted by molar-refractivity contribution is 7.27. The summed E-state index contributed by atoms with van der Waals surface area (Å²) in [6.07, 6.45) is 0. The molecule has 0 unspecified atom stereocenters. The van der Waals surface area contributed by atoms with Crippen LogP contribution in [0.1, 0.15) is 0 Å². The van der Waals surface area contributed by atoms with E-state index in [2.05, 4.69) is 252 Å². The minimum Gasteiger partial charge on any atom is -0.308 e. The van der Waals surface area contributed by atoms with Crippen molar-refractivity contribution in [1.29, 1.82) is 0 Å². The Morgan fingerprint density at radius 1 is 0.257 bits per heavy atom. The SMILES string of the molecule is c1ccc(-c2cc(-c3ccc(-c4cc5c6ccccc6sc5c5c4c4ccccc4n5-c4cccc(-c5ccccc5)c4)cc3)cc(-n3c4ccccc4c4ccc5c6ccccc6sc5c43)c2)cc1. The Morgan fingerprint density at radius 3 is 1.44 bits per heavy atom. The van der Waals surface area contributed by atoms with Gasteiger partial charge in [-0.15, -0.1) is 22.7 Å². The maximum atomic E-state index is 2.52. The predicted molar refractivity (Wildman–Crippen MR) is 303 cm³/mol. The number of fused-ring (bicyclic) bond motifs is 14. The van der Waals surface area contributed by atoms with Crippen LogP contribution in [0.5, 0.6) is 0 Å². The van der Waals surface area contributed by atoms with E-state index >= 15 is 0 Å². The van der Waals surface area contributed by atoms with Crippen LogP contribution in [0.4, 0.5) is 0 Å². The maximum absolute atomic E-state index is 2.52. The van der Waals surface area contributed by atoms with Gasteiger partial charge in [0.15, 0.2) is 0 Å². The van der Waals surface area contributed by atoms with E-state index < -0.39 is 0 Å². The van der Waals surface area contributed by atoms with Crippen molar-refractivity contribution >= 4 is 107 Å². The third-order valence-corrected chi connectivity index (χ3v) is 16.9. The van der Waals surface area contributed by atoms with Gasteiger partial charge in [0.25, 0.3) is 0 Å². The summed E-state index contributed by atoms with van der Waals surface area (Å²) >= 11 is 3.80. The Balaban J connectivity index is 0.952. The van der Waals surface area contributed by atoms with Gasteiger partial charge in [0, 0.05) is 63.9 Å². The van der Waals surface area contributed by atoms with Gasteiger partial charge < -0.3 is 9.13 Å². The molecule has 0 radical (unpaired) electrons.